The van der Waals surface area contributed by atoms with Gasteiger partial charge in [0, 0.05) is 52.6 Å². The second kappa shape index (κ2) is 70.1. The first-order chi connectivity index (χ1) is 44.4. The molecule has 0 aromatic heterocycles. The predicted molar refractivity (Wildman–Crippen MR) is 411 cm³/mol. The van der Waals surface area contributed by atoms with E-state index >= 15 is 0 Å². The maximum Gasteiger partial charge on any atom is 0.334 e. The molecule has 0 rings (SSSR count). The summed E-state index contributed by atoms with van der Waals surface area (Å²) in [5.41, 5.74) is 0. The topological polar surface area (TPSA) is 58.6 Å². The SMILES string of the molecule is CCCCC/C=C\CCCO[Si](C)(CCCCN(C)CCC[N+](C)(CCCC[Si](C)(OCCC/C=C\CCCCC)OCCC/C=C\CCCCC)CCCC[Si](C)(OCCC/C=C\CCCCC)OCCC/C=C\CCCCC)OCCC/C=C\CCCCC.[Br-]. The van der Waals surface area contributed by atoms with E-state index in [9.17, 15) is 0 Å². The highest BCUT2D eigenvalue weighted by Gasteiger charge is 2.34. The van der Waals surface area contributed by atoms with Gasteiger partial charge in [-0.15, -0.1) is 0 Å². The van der Waals surface area contributed by atoms with Gasteiger partial charge < -0.3 is 52.9 Å². The summed E-state index contributed by atoms with van der Waals surface area (Å²) in [4.78, 5) is 2.61. The molecule has 0 aliphatic heterocycles. The summed E-state index contributed by atoms with van der Waals surface area (Å²) in [6.45, 7) is 31.5. The highest BCUT2D eigenvalue weighted by atomic mass is 79.9. The van der Waals surface area contributed by atoms with Crippen LogP contribution in [0.2, 0.25) is 37.8 Å². The summed E-state index contributed by atoms with van der Waals surface area (Å²) in [5.74, 6) is 0. The summed E-state index contributed by atoms with van der Waals surface area (Å²) in [6, 6.07) is 3.22. The number of rotatable bonds is 73. The van der Waals surface area contributed by atoms with Gasteiger partial charge in [0.1, 0.15) is 0 Å². The molecule has 0 unspecified atom stereocenters. The second-order valence-corrected chi connectivity index (χ2v) is 38.0. The Hall–Kier alpha value is -0.749. The Kier molecular flexibility index (Phi) is 71.1. The zero-order valence-electron chi connectivity index (χ0n) is 63.5. The lowest BCUT2D eigenvalue weighted by atomic mass is 10.2. The molecule has 0 atom stereocenters. The van der Waals surface area contributed by atoms with Crippen molar-refractivity contribution in [2.45, 2.75) is 355 Å². The molecule has 0 aromatic rings. The predicted octanol–water partition coefficient (Wildman–Crippen LogP) is 21.9. The molecule has 0 heterocycles. The van der Waals surface area contributed by atoms with Crippen LogP contribution < -0.4 is 17.0 Å². The Bertz CT molecular complexity index is 1540. The Morgan fingerprint density at radius 3 is 0.685 bits per heavy atom. The van der Waals surface area contributed by atoms with Crippen LogP contribution in [0.4, 0.5) is 0 Å². The number of allylic oxidation sites excluding steroid dienone is 12. The average Bonchev–Trinajstić information content (AvgIpc) is 1.70. The van der Waals surface area contributed by atoms with Gasteiger partial charge in [-0.05, 0) is 238 Å². The molecule has 0 aromatic carbocycles. The lowest BCUT2D eigenvalue weighted by Gasteiger charge is -2.36. The van der Waals surface area contributed by atoms with Gasteiger partial charge in [-0.25, -0.2) is 0 Å². The van der Waals surface area contributed by atoms with E-state index in [-0.39, 0.29) is 17.0 Å². The lowest BCUT2D eigenvalue weighted by Crippen LogP contribution is -3.00. The van der Waals surface area contributed by atoms with Crippen LogP contribution in [0.15, 0.2) is 72.9 Å². The molecule has 544 valence electrons. The zero-order chi connectivity index (χ0) is 66.6. The van der Waals surface area contributed by atoms with Gasteiger partial charge in [0.2, 0.25) is 0 Å². The Morgan fingerprint density at radius 1 is 0.261 bits per heavy atom. The molecule has 12 heteroatoms. The first-order valence-corrected chi connectivity index (χ1v) is 47.2. The standard InChI is InChI=1S/C80H159N2O6Si3.BrH/c1-12-18-24-30-36-42-48-57-72-83-89(9,84-73-58-49-43-37-31-25-19-13-2)78-63-54-67-81(7)68-66-71-82(8,69-55-64-79-90(10,85-74-59-50-44-38-32-26-20-14-3)86-75-60-51-45-39-33-27-21-15-4)70-56-65-80-91(11,87-76-61-52-46-40-34-28-22-16-5)88-77-62-53-47-41-35-29-23-17-6;/h36-47H,12-35,48-80H2,1-11H3;1H/q+1;/p-1/b42-36-,43-37-,44-38-,45-39-,46-40-,47-41-;. The van der Waals surface area contributed by atoms with Gasteiger partial charge in [0.15, 0.2) is 0 Å². The van der Waals surface area contributed by atoms with E-state index in [2.05, 4.69) is 153 Å². The van der Waals surface area contributed by atoms with Gasteiger partial charge in [-0.3, -0.25) is 0 Å². The fourth-order valence-electron chi connectivity index (χ4n) is 11.9. The molecule has 0 saturated heterocycles. The molecule has 0 N–H and O–H groups in total. The molecule has 8 nitrogen and oxygen atoms in total. The third kappa shape index (κ3) is 64.0. The van der Waals surface area contributed by atoms with E-state index in [4.69, 9.17) is 26.6 Å². The van der Waals surface area contributed by atoms with Crippen LogP contribution in [0.5, 0.6) is 0 Å². The van der Waals surface area contributed by atoms with E-state index in [1.54, 1.807) is 0 Å². The molecular formula is C80H159BrN2O6Si3. The zero-order valence-corrected chi connectivity index (χ0v) is 68.0. The summed E-state index contributed by atoms with van der Waals surface area (Å²) in [6.07, 6.45) is 80.6. The fraction of sp³-hybridized carbons (Fsp3) is 0.850. The van der Waals surface area contributed by atoms with Crippen molar-refractivity contribution in [2.24, 2.45) is 0 Å². The number of halogens is 1. The molecule has 0 aliphatic carbocycles. The average molecular weight is 1410 g/mol. The van der Waals surface area contributed by atoms with Crippen LogP contribution in [0.25, 0.3) is 0 Å². The van der Waals surface area contributed by atoms with Gasteiger partial charge >= 0.3 is 25.7 Å². The van der Waals surface area contributed by atoms with Crippen LogP contribution in [-0.4, -0.2) is 122 Å². The summed E-state index contributed by atoms with van der Waals surface area (Å²) in [7, 11) is -2.01. The van der Waals surface area contributed by atoms with Crippen molar-refractivity contribution in [3.63, 3.8) is 0 Å². The normalized spacial score (nSPS) is 13.0. The van der Waals surface area contributed by atoms with Gasteiger partial charge in [-0.1, -0.05) is 198 Å². The molecule has 92 heavy (non-hydrogen) atoms. The highest BCUT2D eigenvalue weighted by molar-refractivity contribution is 6.66. The third-order valence-corrected chi connectivity index (χ3v) is 26.9. The molecule has 0 spiro atoms. The monoisotopic (exact) mass is 1410 g/mol. The van der Waals surface area contributed by atoms with Crippen LogP contribution in [-0.2, 0) is 26.6 Å². The Labute approximate surface area is 589 Å². The quantitative estimate of drug-likeness (QED) is 0.0260. The smallest absolute Gasteiger partial charge is 0.334 e. The summed E-state index contributed by atoms with van der Waals surface area (Å²) in [5, 5.41) is 0. The van der Waals surface area contributed by atoms with E-state index < -0.39 is 25.7 Å². The van der Waals surface area contributed by atoms with Crippen LogP contribution in [0.1, 0.15) is 318 Å². The lowest BCUT2D eigenvalue weighted by molar-refractivity contribution is -0.910. The minimum atomic E-state index is -2.34. The van der Waals surface area contributed by atoms with Crippen molar-refractivity contribution < 1.29 is 48.0 Å². The summed E-state index contributed by atoms with van der Waals surface area (Å²) < 4.78 is 42.1. The van der Waals surface area contributed by atoms with E-state index in [0.717, 1.165) is 152 Å². The fourth-order valence-corrected chi connectivity index (χ4v) is 19.1. The number of unbranched alkanes of at least 4 members (excludes halogenated alkanes) is 27. The van der Waals surface area contributed by atoms with E-state index in [1.807, 2.05) is 0 Å². The third-order valence-electron chi connectivity index (χ3n) is 18.2. The second-order valence-electron chi connectivity index (χ2n) is 28.0. The molecule has 0 bridgehead atoms. The number of hydrogen-bond donors (Lipinski definition) is 0. The minimum absolute atomic E-state index is 0. The highest BCUT2D eigenvalue weighted by Crippen LogP contribution is 2.25. The molecule has 0 amide bonds. The first-order valence-electron chi connectivity index (χ1n) is 39.6. The molecule has 0 aliphatic rings. The molecular weight excluding hydrogens is 1250 g/mol. The maximum absolute atomic E-state index is 6.87. The number of quaternary nitrogens is 1. The minimum Gasteiger partial charge on any atom is -1.00 e. The number of hydrogen-bond acceptors (Lipinski definition) is 7. The molecule has 0 fully saturated rings. The van der Waals surface area contributed by atoms with Crippen molar-refractivity contribution in [1.29, 1.82) is 0 Å². The van der Waals surface area contributed by atoms with Crippen molar-refractivity contribution in [3.8, 4) is 0 Å². The summed E-state index contributed by atoms with van der Waals surface area (Å²) >= 11 is 0. The van der Waals surface area contributed by atoms with Crippen LogP contribution in [0.3, 0.4) is 0 Å². The molecule has 0 radical (unpaired) electrons. The van der Waals surface area contributed by atoms with Gasteiger partial charge in [0.05, 0.1) is 26.7 Å². The van der Waals surface area contributed by atoms with Crippen molar-refractivity contribution in [1.82, 2.24) is 4.90 Å². The van der Waals surface area contributed by atoms with Crippen molar-refractivity contribution in [3.05, 3.63) is 72.9 Å². The Morgan fingerprint density at radius 2 is 0.457 bits per heavy atom. The van der Waals surface area contributed by atoms with E-state index in [0.29, 0.717) is 0 Å². The van der Waals surface area contributed by atoms with Crippen LogP contribution in [0, 0.1) is 0 Å². The first kappa shape index (κ1) is 93.3. The van der Waals surface area contributed by atoms with Crippen molar-refractivity contribution in [2.75, 3.05) is 86.5 Å². The van der Waals surface area contributed by atoms with E-state index in [1.165, 1.54) is 219 Å². The van der Waals surface area contributed by atoms with Gasteiger partial charge in [-0.2, -0.15) is 0 Å². The van der Waals surface area contributed by atoms with Crippen molar-refractivity contribution >= 4 is 25.7 Å². The maximum atomic E-state index is 6.87. The Balaban J connectivity index is 0. The largest absolute Gasteiger partial charge is 1.00 e. The van der Waals surface area contributed by atoms with Crippen LogP contribution >= 0.6 is 0 Å². The molecule has 0 saturated carbocycles. The number of nitrogens with zero attached hydrogens (tertiary/aromatic N) is 2. The van der Waals surface area contributed by atoms with Gasteiger partial charge in [0.25, 0.3) is 0 Å².